The van der Waals surface area contributed by atoms with Crippen molar-refractivity contribution in [3.05, 3.63) is 23.0 Å². The topological polar surface area (TPSA) is 60.2 Å². The van der Waals surface area contributed by atoms with Crippen molar-refractivity contribution in [1.82, 2.24) is 4.98 Å². The van der Waals surface area contributed by atoms with Crippen LogP contribution in [0.15, 0.2) is 6.07 Å². The monoisotopic (exact) mass is 279 g/mol. The molecule has 1 aromatic heterocycles. The molecule has 1 aromatic rings. The van der Waals surface area contributed by atoms with Crippen LogP contribution in [0.1, 0.15) is 29.8 Å². The summed E-state index contributed by atoms with van der Waals surface area (Å²) in [5.74, 6) is 0.671. The Morgan fingerprint density at radius 2 is 2.37 bits per heavy atom. The van der Waals surface area contributed by atoms with Gasteiger partial charge in [0, 0.05) is 36.8 Å². The van der Waals surface area contributed by atoms with Crippen molar-refractivity contribution in [2.24, 2.45) is 11.7 Å². The highest BCUT2D eigenvalue weighted by Crippen LogP contribution is 2.21. The minimum Gasteiger partial charge on any atom is -0.389 e. The van der Waals surface area contributed by atoms with Gasteiger partial charge in [0.25, 0.3) is 0 Å². The first kappa shape index (κ1) is 14.2. The summed E-state index contributed by atoms with van der Waals surface area (Å²) in [5, 5.41) is 3.44. The molecule has 0 aromatic carbocycles. The molecule has 1 atom stereocenters. The molecular weight excluding hydrogens is 258 g/mol. The molecule has 2 heterocycles. The van der Waals surface area contributed by atoms with Gasteiger partial charge in [0.2, 0.25) is 0 Å². The molecule has 0 spiro atoms. The van der Waals surface area contributed by atoms with E-state index in [1.54, 1.807) is 0 Å². The van der Waals surface area contributed by atoms with E-state index >= 15 is 0 Å². The van der Waals surface area contributed by atoms with Crippen molar-refractivity contribution < 1.29 is 4.74 Å². The molecule has 0 bridgehead atoms. The molecule has 0 saturated carbocycles. The summed E-state index contributed by atoms with van der Waals surface area (Å²) in [7, 11) is 0. The zero-order valence-electron chi connectivity index (χ0n) is 11.5. The summed E-state index contributed by atoms with van der Waals surface area (Å²) in [6, 6.07) is 2.01. The Balaban J connectivity index is 2.03. The molecule has 0 aliphatic carbocycles. The zero-order valence-corrected chi connectivity index (χ0v) is 12.3. The number of rotatable bonds is 5. The summed E-state index contributed by atoms with van der Waals surface area (Å²) < 4.78 is 5.38. The van der Waals surface area contributed by atoms with Crippen LogP contribution >= 0.6 is 12.2 Å². The lowest BCUT2D eigenvalue weighted by Gasteiger charge is -2.15. The van der Waals surface area contributed by atoms with Crippen LogP contribution in [0, 0.1) is 19.8 Å². The van der Waals surface area contributed by atoms with Crippen LogP contribution in [0.25, 0.3) is 0 Å². The van der Waals surface area contributed by atoms with Crippen molar-refractivity contribution in [3.63, 3.8) is 0 Å². The highest BCUT2D eigenvalue weighted by atomic mass is 32.1. The van der Waals surface area contributed by atoms with Crippen LogP contribution in [0.2, 0.25) is 0 Å². The summed E-state index contributed by atoms with van der Waals surface area (Å²) in [6.07, 6.45) is 2.27. The van der Waals surface area contributed by atoms with E-state index in [0.717, 1.165) is 55.2 Å². The maximum absolute atomic E-state index is 5.79. The van der Waals surface area contributed by atoms with Crippen LogP contribution in [0.3, 0.4) is 0 Å². The summed E-state index contributed by atoms with van der Waals surface area (Å²) in [4.78, 5) is 4.81. The van der Waals surface area contributed by atoms with Gasteiger partial charge in [-0.3, -0.25) is 4.98 Å². The number of pyridine rings is 1. The fourth-order valence-electron chi connectivity index (χ4n) is 2.50. The normalized spacial score (nSPS) is 18.5. The second kappa shape index (κ2) is 6.30. The van der Waals surface area contributed by atoms with Gasteiger partial charge in [-0.2, -0.15) is 0 Å². The molecule has 2 rings (SSSR count). The lowest BCUT2D eigenvalue weighted by atomic mass is 10.0. The molecule has 104 valence electrons. The van der Waals surface area contributed by atoms with Gasteiger partial charge >= 0.3 is 0 Å². The summed E-state index contributed by atoms with van der Waals surface area (Å²) in [5.41, 5.74) is 9.52. The summed E-state index contributed by atoms with van der Waals surface area (Å²) >= 11 is 5.12. The number of hydrogen-bond acceptors (Lipinski definition) is 4. The van der Waals surface area contributed by atoms with E-state index in [9.17, 15) is 0 Å². The van der Waals surface area contributed by atoms with Gasteiger partial charge in [-0.05, 0) is 38.7 Å². The molecule has 1 unspecified atom stereocenters. The van der Waals surface area contributed by atoms with Crippen molar-refractivity contribution in [2.45, 2.75) is 26.7 Å². The molecule has 1 aliphatic rings. The quantitative estimate of drug-likeness (QED) is 0.809. The number of nitrogens with one attached hydrogen (secondary N) is 1. The molecule has 0 amide bonds. The molecule has 1 saturated heterocycles. The third kappa shape index (κ3) is 3.64. The Labute approximate surface area is 119 Å². The molecule has 19 heavy (non-hydrogen) atoms. The smallest absolute Gasteiger partial charge is 0.107 e. The van der Waals surface area contributed by atoms with E-state index in [4.69, 9.17) is 22.7 Å². The van der Waals surface area contributed by atoms with Crippen molar-refractivity contribution in [1.29, 1.82) is 0 Å². The van der Waals surface area contributed by atoms with Crippen molar-refractivity contribution in [2.75, 3.05) is 25.1 Å². The lowest BCUT2D eigenvalue weighted by molar-refractivity contribution is 0.185. The first-order valence-electron chi connectivity index (χ1n) is 6.67. The van der Waals surface area contributed by atoms with E-state index in [1.807, 2.05) is 19.9 Å². The predicted octanol–water partition coefficient (Wildman–Crippen LogP) is 2.17. The van der Waals surface area contributed by atoms with Gasteiger partial charge < -0.3 is 15.8 Å². The van der Waals surface area contributed by atoms with Crippen LogP contribution in [-0.2, 0) is 4.74 Å². The van der Waals surface area contributed by atoms with Crippen LogP contribution in [0.4, 0.5) is 5.69 Å². The lowest BCUT2D eigenvalue weighted by Crippen LogP contribution is -2.18. The average Bonchev–Trinajstić information content (AvgIpc) is 2.80. The largest absolute Gasteiger partial charge is 0.389 e. The fraction of sp³-hybridized carbons (Fsp3) is 0.571. The number of aromatic nitrogens is 1. The number of ether oxygens (including phenoxy) is 1. The van der Waals surface area contributed by atoms with Crippen molar-refractivity contribution >= 4 is 22.9 Å². The van der Waals surface area contributed by atoms with Gasteiger partial charge in [0.05, 0.1) is 5.56 Å². The highest BCUT2D eigenvalue weighted by molar-refractivity contribution is 7.80. The van der Waals surface area contributed by atoms with E-state index in [0.29, 0.717) is 10.9 Å². The Kier molecular flexibility index (Phi) is 4.71. The fourth-order valence-corrected chi connectivity index (χ4v) is 2.76. The zero-order chi connectivity index (χ0) is 13.8. The summed E-state index contributed by atoms with van der Waals surface area (Å²) in [6.45, 7) is 6.62. The minimum absolute atomic E-state index is 0.400. The maximum atomic E-state index is 5.79. The Bertz CT molecular complexity index is 470. The third-order valence-corrected chi connectivity index (χ3v) is 3.67. The standard InChI is InChI=1S/C14H21N3OS/c1-9-7-12(13(14(15)19)10(2)17-9)16-5-3-11-4-6-18-8-11/h7,11H,3-6,8H2,1-2H3,(H2,15,19)(H,16,17). The first-order valence-corrected chi connectivity index (χ1v) is 7.08. The number of hydrogen-bond donors (Lipinski definition) is 2. The van der Waals surface area contributed by atoms with Crippen LogP contribution < -0.4 is 11.1 Å². The van der Waals surface area contributed by atoms with Gasteiger partial charge in [-0.25, -0.2) is 0 Å². The SMILES string of the molecule is Cc1cc(NCCC2CCOC2)c(C(N)=S)c(C)n1. The minimum atomic E-state index is 0.400. The first-order chi connectivity index (χ1) is 9.08. The molecule has 3 N–H and O–H groups in total. The maximum Gasteiger partial charge on any atom is 0.107 e. The molecule has 1 fully saturated rings. The average molecular weight is 279 g/mol. The highest BCUT2D eigenvalue weighted by Gasteiger charge is 2.16. The van der Waals surface area contributed by atoms with E-state index in [1.165, 1.54) is 0 Å². The van der Waals surface area contributed by atoms with E-state index < -0.39 is 0 Å². The van der Waals surface area contributed by atoms with E-state index in [-0.39, 0.29) is 0 Å². The molecular formula is C14H21N3OS. The number of aryl methyl sites for hydroxylation is 2. The van der Waals surface area contributed by atoms with Crippen LogP contribution in [0.5, 0.6) is 0 Å². The Morgan fingerprint density at radius 3 is 3.00 bits per heavy atom. The second-order valence-electron chi connectivity index (χ2n) is 5.08. The van der Waals surface area contributed by atoms with Gasteiger partial charge in [0.15, 0.2) is 0 Å². The molecule has 0 radical (unpaired) electrons. The van der Waals surface area contributed by atoms with Crippen molar-refractivity contribution in [3.8, 4) is 0 Å². The number of thiocarbonyl (C=S) groups is 1. The van der Waals surface area contributed by atoms with Gasteiger partial charge in [0.1, 0.15) is 4.99 Å². The number of anilines is 1. The number of nitrogens with zero attached hydrogens (tertiary/aromatic N) is 1. The Hall–Kier alpha value is -1.20. The number of nitrogens with two attached hydrogens (primary N) is 1. The van der Waals surface area contributed by atoms with E-state index in [2.05, 4.69) is 10.3 Å². The molecule has 5 heteroatoms. The molecule has 4 nitrogen and oxygen atoms in total. The van der Waals surface area contributed by atoms with Gasteiger partial charge in [-0.1, -0.05) is 12.2 Å². The van der Waals surface area contributed by atoms with Gasteiger partial charge in [-0.15, -0.1) is 0 Å². The van der Waals surface area contributed by atoms with Crippen LogP contribution in [-0.4, -0.2) is 29.7 Å². The Morgan fingerprint density at radius 1 is 1.58 bits per heavy atom. The predicted molar refractivity (Wildman–Crippen MR) is 81.6 cm³/mol. The third-order valence-electron chi connectivity index (χ3n) is 3.47. The second-order valence-corrected chi connectivity index (χ2v) is 5.52. The molecule has 1 aliphatic heterocycles.